The first-order chi connectivity index (χ1) is 7.71. The standard InChI is InChI=1S/C15H22O2/c1-9-12(16)10-7-13(2,3)8-11(10)14(4,17)15(9)5-6-15/h9,17H,5-8H2,1-4H3. The van der Waals surface area contributed by atoms with E-state index in [0.29, 0.717) is 5.78 Å². The Morgan fingerprint density at radius 1 is 1.18 bits per heavy atom. The molecule has 17 heavy (non-hydrogen) atoms. The lowest BCUT2D eigenvalue weighted by molar-refractivity contribution is -0.127. The summed E-state index contributed by atoms with van der Waals surface area (Å²) in [6, 6.07) is 0. The van der Waals surface area contributed by atoms with Crippen LogP contribution in [0.15, 0.2) is 11.1 Å². The first kappa shape index (κ1) is 11.5. The van der Waals surface area contributed by atoms with Crippen LogP contribution in [-0.4, -0.2) is 16.5 Å². The van der Waals surface area contributed by atoms with Crippen molar-refractivity contribution < 1.29 is 9.90 Å². The molecule has 0 aromatic carbocycles. The monoisotopic (exact) mass is 234 g/mol. The molecule has 0 heterocycles. The van der Waals surface area contributed by atoms with Crippen molar-refractivity contribution >= 4 is 5.78 Å². The molecule has 0 bridgehead atoms. The Hall–Kier alpha value is -0.630. The smallest absolute Gasteiger partial charge is 0.162 e. The molecular formula is C15H22O2. The summed E-state index contributed by atoms with van der Waals surface area (Å²) in [5.74, 6) is 0.319. The quantitative estimate of drug-likeness (QED) is 0.699. The molecule has 3 aliphatic carbocycles. The van der Waals surface area contributed by atoms with Gasteiger partial charge in [0, 0.05) is 11.3 Å². The Morgan fingerprint density at radius 2 is 1.76 bits per heavy atom. The molecule has 2 unspecified atom stereocenters. The van der Waals surface area contributed by atoms with E-state index < -0.39 is 5.60 Å². The molecule has 0 amide bonds. The van der Waals surface area contributed by atoms with Crippen LogP contribution in [0, 0.1) is 16.7 Å². The number of carbonyl (C=O) groups is 1. The van der Waals surface area contributed by atoms with Crippen molar-refractivity contribution in [1.82, 2.24) is 0 Å². The van der Waals surface area contributed by atoms with Gasteiger partial charge >= 0.3 is 0 Å². The normalized spacial score (nSPS) is 41.9. The molecule has 3 aliphatic rings. The third-order valence-corrected chi connectivity index (χ3v) is 5.54. The first-order valence-electron chi connectivity index (χ1n) is 6.70. The molecule has 2 nitrogen and oxygen atoms in total. The molecule has 2 heteroatoms. The molecule has 1 N–H and O–H groups in total. The van der Waals surface area contributed by atoms with Crippen molar-refractivity contribution in [2.24, 2.45) is 16.7 Å². The Bertz CT molecular complexity index is 436. The number of allylic oxidation sites excluding steroid dienone is 1. The van der Waals surface area contributed by atoms with Crippen molar-refractivity contribution in [3.05, 3.63) is 11.1 Å². The van der Waals surface area contributed by atoms with E-state index in [1.165, 1.54) is 0 Å². The maximum Gasteiger partial charge on any atom is 0.162 e. The number of rotatable bonds is 0. The lowest BCUT2D eigenvalue weighted by Gasteiger charge is -2.43. The maximum absolute atomic E-state index is 12.5. The average Bonchev–Trinajstić information content (AvgIpc) is 2.95. The minimum atomic E-state index is -0.747. The predicted octanol–water partition coefficient (Wildman–Crippen LogP) is 2.85. The second kappa shape index (κ2) is 2.85. The zero-order chi connectivity index (χ0) is 12.6. The van der Waals surface area contributed by atoms with E-state index in [4.69, 9.17) is 0 Å². The van der Waals surface area contributed by atoms with Gasteiger partial charge in [-0.15, -0.1) is 0 Å². The lowest BCUT2D eigenvalue weighted by atomic mass is 9.64. The van der Waals surface area contributed by atoms with Gasteiger partial charge in [0.05, 0.1) is 5.60 Å². The van der Waals surface area contributed by atoms with Crippen LogP contribution in [0.25, 0.3) is 0 Å². The molecule has 94 valence electrons. The van der Waals surface area contributed by atoms with Crippen molar-refractivity contribution in [2.75, 3.05) is 0 Å². The largest absolute Gasteiger partial charge is 0.385 e. The summed E-state index contributed by atoms with van der Waals surface area (Å²) in [5, 5.41) is 10.9. The van der Waals surface area contributed by atoms with Crippen LogP contribution in [0.1, 0.15) is 53.4 Å². The van der Waals surface area contributed by atoms with Crippen LogP contribution in [0.4, 0.5) is 0 Å². The summed E-state index contributed by atoms with van der Waals surface area (Å²) in [6.07, 6.45) is 3.74. The summed E-state index contributed by atoms with van der Waals surface area (Å²) in [5.41, 5.74) is 1.27. The van der Waals surface area contributed by atoms with E-state index in [1.54, 1.807) is 0 Å². The number of hydrogen-bond donors (Lipinski definition) is 1. The molecular weight excluding hydrogens is 212 g/mol. The zero-order valence-corrected chi connectivity index (χ0v) is 11.3. The minimum Gasteiger partial charge on any atom is -0.385 e. The number of hydrogen-bond acceptors (Lipinski definition) is 2. The van der Waals surface area contributed by atoms with Gasteiger partial charge in [-0.25, -0.2) is 0 Å². The van der Waals surface area contributed by atoms with E-state index in [2.05, 4.69) is 13.8 Å². The minimum absolute atomic E-state index is 0.00477. The maximum atomic E-state index is 12.5. The molecule has 0 aromatic rings. The zero-order valence-electron chi connectivity index (χ0n) is 11.3. The highest BCUT2D eigenvalue weighted by Crippen LogP contribution is 2.67. The van der Waals surface area contributed by atoms with Crippen LogP contribution >= 0.6 is 0 Å². The summed E-state index contributed by atoms with van der Waals surface area (Å²) in [4.78, 5) is 12.5. The molecule has 0 saturated heterocycles. The molecule has 0 radical (unpaired) electrons. The Morgan fingerprint density at radius 3 is 2.29 bits per heavy atom. The fraction of sp³-hybridized carbons (Fsp3) is 0.800. The number of carbonyl (C=O) groups excluding carboxylic acids is 1. The fourth-order valence-corrected chi connectivity index (χ4v) is 4.22. The van der Waals surface area contributed by atoms with Gasteiger partial charge in [0.15, 0.2) is 5.78 Å². The second-order valence-electron chi connectivity index (χ2n) is 7.29. The van der Waals surface area contributed by atoms with Gasteiger partial charge in [-0.1, -0.05) is 20.8 Å². The summed E-state index contributed by atoms with van der Waals surface area (Å²) in [6.45, 7) is 8.34. The van der Waals surface area contributed by atoms with E-state index in [-0.39, 0.29) is 16.7 Å². The van der Waals surface area contributed by atoms with Gasteiger partial charge in [0.25, 0.3) is 0 Å². The van der Waals surface area contributed by atoms with Gasteiger partial charge in [0.1, 0.15) is 0 Å². The number of Topliss-reactive ketones (excluding diaryl/α,β-unsaturated/α-hetero) is 1. The van der Waals surface area contributed by atoms with Crippen LogP contribution in [-0.2, 0) is 4.79 Å². The Labute approximate surface area is 103 Å². The molecule has 1 saturated carbocycles. The van der Waals surface area contributed by atoms with Crippen LogP contribution in [0.2, 0.25) is 0 Å². The average molecular weight is 234 g/mol. The van der Waals surface area contributed by atoms with Crippen LogP contribution in [0.3, 0.4) is 0 Å². The van der Waals surface area contributed by atoms with E-state index in [9.17, 15) is 9.90 Å². The Balaban J connectivity index is 2.13. The summed E-state index contributed by atoms with van der Waals surface area (Å²) < 4.78 is 0. The van der Waals surface area contributed by atoms with E-state index in [0.717, 1.165) is 36.8 Å². The molecule has 2 atom stereocenters. The second-order valence-corrected chi connectivity index (χ2v) is 7.29. The first-order valence-corrected chi connectivity index (χ1v) is 6.70. The SMILES string of the molecule is CC1C(=O)C2=C(CC(C)(C)C2)C(C)(O)C12CC2. The van der Waals surface area contributed by atoms with Crippen molar-refractivity contribution in [3.63, 3.8) is 0 Å². The van der Waals surface area contributed by atoms with Gasteiger partial charge in [0.2, 0.25) is 0 Å². The lowest BCUT2D eigenvalue weighted by Crippen LogP contribution is -2.48. The molecule has 0 aliphatic heterocycles. The van der Waals surface area contributed by atoms with Gasteiger partial charge < -0.3 is 5.11 Å². The van der Waals surface area contributed by atoms with Gasteiger partial charge in [-0.3, -0.25) is 4.79 Å². The highest BCUT2D eigenvalue weighted by molar-refractivity contribution is 6.01. The van der Waals surface area contributed by atoms with Gasteiger partial charge in [-0.05, 0) is 49.2 Å². The molecule has 3 rings (SSSR count). The summed E-state index contributed by atoms with van der Waals surface area (Å²) in [7, 11) is 0. The molecule has 1 spiro atoms. The van der Waals surface area contributed by atoms with Crippen molar-refractivity contribution in [3.8, 4) is 0 Å². The third kappa shape index (κ3) is 1.22. The van der Waals surface area contributed by atoms with Gasteiger partial charge in [-0.2, -0.15) is 0 Å². The van der Waals surface area contributed by atoms with Crippen LogP contribution in [0.5, 0.6) is 0 Å². The van der Waals surface area contributed by atoms with Crippen molar-refractivity contribution in [1.29, 1.82) is 0 Å². The van der Waals surface area contributed by atoms with E-state index >= 15 is 0 Å². The topological polar surface area (TPSA) is 37.3 Å². The molecule has 0 aromatic heterocycles. The van der Waals surface area contributed by atoms with E-state index in [1.807, 2.05) is 13.8 Å². The highest BCUT2D eigenvalue weighted by Gasteiger charge is 2.66. The third-order valence-electron chi connectivity index (χ3n) is 5.54. The number of aliphatic hydroxyl groups is 1. The Kier molecular flexibility index (Phi) is 1.92. The number of ketones is 1. The van der Waals surface area contributed by atoms with Crippen LogP contribution < -0.4 is 0 Å². The summed E-state index contributed by atoms with van der Waals surface area (Å²) >= 11 is 0. The highest BCUT2D eigenvalue weighted by atomic mass is 16.3. The fourth-order valence-electron chi connectivity index (χ4n) is 4.22. The predicted molar refractivity (Wildman–Crippen MR) is 66.5 cm³/mol. The van der Waals surface area contributed by atoms with Crippen molar-refractivity contribution in [2.45, 2.75) is 59.0 Å². The molecule has 1 fully saturated rings.